The molecule has 0 aromatic heterocycles. The smallest absolute Gasteiger partial charge is 0.256 e. The van der Waals surface area contributed by atoms with Gasteiger partial charge in [-0.25, -0.2) is 0 Å². The zero-order valence-corrected chi connectivity index (χ0v) is 13.5. The molecule has 4 nitrogen and oxygen atoms in total. The Morgan fingerprint density at radius 3 is 2.27 bits per heavy atom. The molecule has 3 rings (SSSR count). The van der Waals surface area contributed by atoms with E-state index in [2.05, 4.69) is 5.32 Å². The number of nitrogens with one attached hydrogen (secondary N) is 1. The number of aliphatic hydroxyl groups is 1. The molecule has 2 aliphatic rings. The first-order chi connectivity index (χ1) is 10.5. The number of carbonyl (C=O) groups is 1. The molecule has 0 saturated heterocycles. The van der Waals surface area contributed by atoms with Crippen molar-refractivity contribution in [2.45, 2.75) is 51.5 Å². The lowest BCUT2D eigenvalue weighted by molar-refractivity contribution is -0.116. The van der Waals surface area contributed by atoms with Crippen molar-refractivity contribution in [3.63, 3.8) is 0 Å². The van der Waals surface area contributed by atoms with Crippen molar-refractivity contribution in [3.05, 3.63) is 34.6 Å². The van der Waals surface area contributed by atoms with Crippen molar-refractivity contribution in [2.24, 2.45) is 0 Å². The standard InChI is InChI=1S/C18H23NO3/c1-11-9-13(22-3)10-12(2)14(11)15-16(20)18(19-17(15)21)7-5-4-6-8-18/h9-10,20H,4-8H2,1-3H3,(H,19,21). The van der Waals surface area contributed by atoms with Crippen molar-refractivity contribution in [2.75, 3.05) is 7.11 Å². The van der Waals surface area contributed by atoms with Gasteiger partial charge in [0.2, 0.25) is 0 Å². The van der Waals surface area contributed by atoms with Gasteiger partial charge in [-0.2, -0.15) is 0 Å². The molecule has 0 bridgehead atoms. The Morgan fingerprint density at radius 2 is 1.73 bits per heavy atom. The number of benzene rings is 1. The normalized spacial score (nSPS) is 20.4. The highest BCUT2D eigenvalue weighted by Gasteiger charge is 2.46. The number of carbonyl (C=O) groups excluding carboxylic acids is 1. The van der Waals surface area contributed by atoms with E-state index in [0.29, 0.717) is 5.57 Å². The average molecular weight is 301 g/mol. The lowest BCUT2D eigenvalue weighted by Gasteiger charge is -2.33. The van der Waals surface area contributed by atoms with Gasteiger partial charge in [0.05, 0.1) is 18.2 Å². The summed E-state index contributed by atoms with van der Waals surface area (Å²) in [7, 11) is 1.63. The lowest BCUT2D eigenvalue weighted by atomic mass is 9.80. The number of amides is 1. The molecule has 0 unspecified atom stereocenters. The minimum absolute atomic E-state index is 0.157. The van der Waals surface area contributed by atoms with E-state index in [9.17, 15) is 9.90 Å². The van der Waals surface area contributed by atoms with Gasteiger partial charge in [-0.1, -0.05) is 19.3 Å². The van der Waals surface area contributed by atoms with Crippen molar-refractivity contribution in [3.8, 4) is 5.75 Å². The number of rotatable bonds is 2. The summed E-state index contributed by atoms with van der Waals surface area (Å²) in [5.74, 6) is 0.842. The van der Waals surface area contributed by atoms with E-state index in [1.807, 2.05) is 26.0 Å². The fraction of sp³-hybridized carbons (Fsp3) is 0.500. The topological polar surface area (TPSA) is 58.6 Å². The van der Waals surface area contributed by atoms with Crippen LogP contribution >= 0.6 is 0 Å². The quantitative estimate of drug-likeness (QED) is 0.880. The van der Waals surface area contributed by atoms with Gasteiger partial charge in [0.1, 0.15) is 11.5 Å². The number of methoxy groups -OCH3 is 1. The fourth-order valence-corrected chi connectivity index (χ4v) is 3.87. The molecule has 4 heteroatoms. The van der Waals surface area contributed by atoms with Gasteiger partial charge in [0.15, 0.2) is 0 Å². The Labute approximate surface area is 131 Å². The molecule has 1 heterocycles. The Bertz CT molecular complexity index is 631. The van der Waals surface area contributed by atoms with Crippen molar-refractivity contribution in [1.29, 1.82) is 0 Å². The Kier molecular flexibility index (Phi) is 3.63. The Morgan fingerprint density at radius 1 is 1.14 bits per heavy atom. The zero-order valence-electron chi connectivity index (χ0n) is 13.5. The molecule has 1 spiro atoms. The molecule has 1 aromatic rings. The van der Waals surface area contributed by atoms with E-state index < -0.39 is 5.54 Å². The van der Waals surface area contributed by atoms with E-state index in [4.69, 9.17) is 4.74 Å². The number of aliphatic hydroxyl groups excluding tert-OH is 1. The van der Waals surface area contributed by atoms with Gasteiger partial charge in [-0.15, -0.1) is 0 Å². The van der Waals surface area contributed by atoms with Crippen LogP contribution in [-0.4, -0.2) is 23.7 Å². The predicted octanol–water partition coefficient (Wildman–Crippen LogP) is 3.41. The van der Waals surface area contributed by atoms with Crippen LogP contribution in [0.4, 0.5) is 0 Å². The number of hydrogen-bond donors (Lipinski definition) is 2. The first-order valence-electron chi connectivity index (χ1n) is 7.90. The van der Waals surface area contributed by atoms with E-state index in [1.165, 1.54) is 6.42 Å². The average Bonchev–Trinajstić information content (AvgIpc) is 2.71. The third-order valence-corrected chi connectivity index (χ3v) is 4.97. The lowest BCUT2D eigenvalue weighted by Crippen LogP contribution is -2.46. The summed E-state index contributed by atoms with van der Waals surface area (Å²) in [5, 5.41) is 13.9. The maximum Gasteiger partial charge on any atom is 0.256 e. The van der Waals surface area contributed by atoms with Gasteiger partial charge in [0, 0.05) is 0 Å². The highest BCUT2D eigenvalue weighted by Crippen LogP contribution is 2.42. The van der Waals surface area contributed by atoms with Crippen LogP contribution in [-0.2, 0) is 4.79 Å². The van der Waals surface area contributed by atoms with E-state index in [1.54, 1.807) is 7.11 Å². The molecule has 118 valence electrons. The summed E-state index contributed by atoms with van der Waals surface area (Å²) >= 11 is 0. The Hall–Kier alpha value is -1.97. The summed E-state index contributed by atoms with van der Waals surface area (Å²) in [6.45, 7) is 3.90. The molecule has 1 fully saturated rings. The number of hydrogen-bond acceptors (Lipinski definition) is 3. The van der Waals surface area contributed by atoms with Crippen LogP contribution in [0.5, 0.6) is 5.75 Å². The minimum Gasteiger partial charge on any atom is -0.509 e. The van der Waals surface area contributed by atoms with Crippen LogP contribution < -0.4 is 10.1 Å². The second-order valence-corrected chi connectivity index (χ2v) is 6.46. The largest absolute Gasteiger partial charge is 0.509 e. The molecule has 1 saturated carbocycles. The first-order valence-corrected chi connectivity index (χ1v) is 7.90. The van der Waals surface area contributed by atoms with E-state index in [0.717, 1.165) is 48.1 Å². The summed E-state index contributed by atoms with van der Waals surface area (Å²) in [5.41, 5.74) is 2.63. The molecule has 1 aliphatic carbocycles. The van der Waals surface area contributed by atoms with Crippen molar-refractivity contribution >= 4 is 11.5 Å². The number of ether oxygens (including phenoxy) is 1. The first kappa shape index (κ1) is 14.9. The highest BCUT2D eigenvalue weighted by atomic mass is 16.5. The molecule has 1 aliphatic heterocycles. The van der Waals surface area contributed by atoms with Crippen molar-refractivity contribution < 1.29 is 14.6 Å². The highest BCUT2D eigenvalue weighted by molar-refractivity contribution is 6.24. The van der Waals surface area contributed by atoms with Gasteiger partial charge in [-0.3, -0.25) is 4.79 Å². The third-order valence-electron chi connectivity index (χ3n) is 4.97. The molecule has 2 N–H and O–H groups in total. The van der Waals surface area contributed by atoms with Crippen LogP contribution in [0.15, 0.2) is 17.9 Å². The zero-order chi connectivity index (χ0) is 15.9. The van der Waals surface area contributed by atoms with Crippen LogP contribution in [0.25, 0.3) is 5.57 Å². The van der Waals surface area contributed by atoms with Gasteiger partial charge in [-0.05, 0) is 55.5 Å². The molecular weight excluding hydrogens is 278 g/mol. The molecule has 1 amide bonds. The van der Waals surface area contributed by atoms with E-state index >= 15 is 0 Å². The van der Waals surface area contributed by atoms with Gasteiger partial charge < -0.3 is 15.2 Å². The number of aryl methyl sites for hydroxylation is 2. The summed E-state index contributed by atoms with van der Waals surface area (Å²) in [4.78, 5) is 12.6. The molecular formula is C18H23NO3. The molecule has 0 atom stereocenters. The fourth-order valence-electron chi connectivity index (χ4n) is 3.87. The monoisotopic (exact) mass is 301 g/mol. The second kappa shape index (κ2) is 5.34. The van der Waals surface area contributed by atoms with Crippen LogP contribution in [0.2, 0.25) is 0 Å². The molecule has 0 radical (unpaired) electrons. The predicted molar refractivity (Wildman–Crippen MR) is 86.0 cm³/mol. The summed E-state index contributed by atoms with van der Waals surface area (Å²) in [6, 6.07) is 3.81. The van der Waals surface area contributed by atoms with Crippen LogP contribution in [0.3, 0.4) is 0 Å². The summed E-state index contributed by atoms with van der Waals surface area (Å²) < 4.78 is 5.28. The van der Waals surface area contributed by atoms with Gasteiger partial charge >= 0.3 is 0 Å². The van der Waals surface area contributed by atoms with Gasteiger partial charge in [0.25, 0.3) is 5.91 Å². The maximum atomic E-state index is 12.6. The maximum absolute atomic E-state index is 12.6. The minimum atomic E-state index is -0.538. The van der Waals surface area contributed by atoms with Crippen LogP contribution in [0.1, 0.15) is 48.8 Å². The van der Waals surface area contributed by atoms with Crippen LogP contribution in [0, 0.1) is 13.8 Å². The summed E-state index contributed by atoms with van der Waals surface area (Å²) in [6.07, 6.45) is 4.89. The SMILES string of the molecule is COc1cc(C)c(C2=C(O)C3(CCCCC3)NC2=O)c(C)c1. The third kappa shape index (κ3) is 2.18. The molecule has 1 aromatic carbocycles. The second-order valence-electron chi connectivity index (χ2n) is 6.46. The van der Waals surface area contributed by atoms with Crippen molar-refractivity contribution in [1.82, 2.24) is 5.32 Å². The Balaban J connectivity index is 2.13. The van der Waals surface area contributed by atoms with E-state index in [-0.39, 0.29) is 11.7 Å². The molecule has 22 heavy (non-hydrogen) atoms.